The molecule has 2 N–H and O–H groups in total. The number of nitrogens with one attached hydrogen (secondary N) is 1. The predicted octanol–water partition coefficient (Wildman–Crippen LogP) is 3.05. The van der Waals surface area contributed by atoms with Crippen molar-refractivity contribution >= 4 is 29.4 Å². The normalized spacial score (nSPS) is 10.7. The highest BCUT2D eigenvalue weighted by Crippen LogP contribution is 2.34. The van der Waals surface area contributed by atoms with E-state index in [1.54, 1.807) is 6.92 Å². The highest BCUT2D eigenvalue weighted by molar-refractivity contribution is 6.32. The van der Waals surface area contributed by atoms with Crippen LogP contribution in [0.1, 0.15) is 18.1 Å². The van der Waals surface area contributed by atoms with Gasteiger partial charge in [-0.1, -0.05) is 23.7 Å². The molecule has 0 aromatic heterocycles. The number of carbonyl (C=O) groups is 1. The number of hydrazone groups is 1. The van der Waals surface area contributed by atoms with Gasteiger partial charge in [-0.05, 0) is 30.2 Å². The molecule has 0 fully saturated rings. The average molecular weight is 378 g/mol. The van der Waals surface area contributed by atoms with Crippen molar-refractivity contribution in [3.05, 3.63) is 62.7 Å². The second kappa shape index (κ2) is 8.82. The maximum absolute atomic E-state index is 11.9. The molecule has 0 aliphatic carbocycles. The zero-order chi connectivity index (χ0) is 19.1. The summed E-state index contributed by atoms with van der Waals surface area (Å²) < 4.78 is 5.26. The van der Waals surface area contributed by atoms with Crippen molar-refractivity contribution in [3.63, 3.8) is 0 Å². The van der Waals surface area contributed by atoms with Crippen molar-refractivity contribution in [1.82, 2.24) is 5.43 Å². The summed E-state index contributed by atoms with van der Waals surface area (Å²) in [7, 11) is 0. The van der Waals surface area contributed by atoms with Crippen LogP contribution in [0, 0.1) is 10.1 Å². The number of phenolic OH excluding ortho intramolecular Hbond substituents is 1. The lowest BCUT2D eigenvalue weighted by Crippen LogP contribution is -2.19. The Labute approximate surface area is 154 Å². The smallest absolute Gasteiger partial charge is 0.269 e. The van der Waals surface area contributed by atoms with Gasteiger partial charge in [0.15, 0.2) is 11.5 Å². The number of phenols is 1. The average Bonchev–Trinajstić information content (AvgIpc) is 2.60. The van der Waals surface area contributed by atoms with Gasteiger partial charge in [-0.25, -0.2) is 5.43 Å². The maximum atomic E-state index is 11.9. The van der Waals surface area contributed by atoms with Crippen LogP contribution < -0.4 is 10.2 Å². The van der Waals surface area contributed by atoms with Crippen molar-refractivity contribution in [1.29, 1.82) is 0 Å². The fraction of sp³-hybridized carbons (Fsp3) is 0.176. The number of benzene rings is 2. The van der Waals surface area contributed by atoms with Crippen LogP contribution in [0.4, 0.5) is 5.69 Å². The number of aromatic hydroxyl groups is 1. The predicted molar refractivity (Wildman–Crippen MR) is 96.8 cm³/mol. The first kappa shape index (κ1) is 19.2. The fourth-order valence-corrected chi connectivity index (χ4v) is 2.29. The van der Waals surface area contributed by atoms with Gasteiger partial charge in [0.05, 0.1) is 29.2 Å². The number of hydrogen-bond donors (Lipinski definition) is 2. The van der Waals surface area contributed by atoms with Gasteiger partial charge >= 0.3 is 0 Å². The van der Waals surface area contributed by atoms with Crippen molar-refractivity contribution in [2.45, 2.75) is 13.3 Å². The molecule has 0 heterocycles. The fourth-order valence-electron chi connectivity index (χ4n) is 2.07. The Morgan fingerprint density at radius 3 is 2.69 bits per heavy atom. The van der Waals surface area contributed by atoms with Crippen LogP contribution in [0.25, 0.3) is 0 Å². The van der Waals surface area contributed by atoms with Gasteiger partial charge in [0.2, 0.25) is 5.91 Å². The summed E-state index contributed by atoms with van der Waals surface area (Å²) in [6.07, 6.45) is 1.39. The summed E-state index contributed by atoms with van der Waals surface area (Å²) in [5.74, 6) is -0.323. The van der Waals surface area contributed by atoms with Crippen LogP contribution in [0.2, 0.25) is 5.02 Å². The number of nitro groups is 1. The molecule has 0 saturated carbocycles. The first-order valence-corrected chi connectivity index (χ1v) is 7.99. The van der Waals surface area contributed by atoms with Gasteiger partial charge in [0, 0.05) is 12.1 Å². The Balaban J connectivity index is 1.97. The number of halogens is 1. The van der Waals surface area contributed by atoms with E-state index in [1.165, 1.54) is 42.6 Å². The lowest BCUT2D eigenvalue weighted by Gasteiger charge is -2.08. The number of non-ortho nitro benzene ring substituents is 1. The molecule has 26 heavy (non-hydrogen) atoms. The zero-order valence-electron chi connectivity index (χ0n) is 13.8. The Bertz CT molecular complexity index is 837. The number of amides is 1. The standard InChI is InChI=1S/C17H16ClN3O5/c1-2-26-15-8-12(7-14(18)17(15)23)10-19-20-16(22)9-11-3-5-13(6-4-11)21(24)25/h3-8,10,23H,2,9H2,1H3,(H,20,22)/b19-10-. The van der Waals surface area contributed by atoms with Gasteiger partial charge in [0.1, 0.15) is 0 Å². The van der Waals surface area contributed by atoms with E-state index in [1.807, 2.05) is 0 Å². The minimum Gasteiger partial charge on any atom is -0.503 e. The minimum atomic E-state index is -0.507. The molecule has 0 aliphatic rings. The quantitative estimate of drug-likeness (QED) is 0.437. The van der Waals surface area contributed by atoms with Crippen LogP contribution in [0.5, 0.6) is 11.5 Å². The highest BCUT2D eigenvalue weighted by Gasteiger charge is 2.09. The third-order valence-electron chi connectivity index (χ3n) is 3.27. The van der Waals surface area contributed by atoms with E-state index in [0.717, 1.165) is 0 Å². The molecule has 9 heteroatoms. The summed E-state index contributed by atoms with van der Waals surface area (Å²) in [5, 5.41) is 24.3. The zero-order valence-corrected chi connectivity index (χ0v) is 14.6. The minimum absolute atomic E-state index is 0.0237. The molecule has 0 unspecified atom stereocenters. The molecule has 0 atom stereocenters. The molecular weight excluding hydrogens is 362 g/mol. The van der Waals surface area contributed by atoms with Gasteiger partial charge in [-0.2, -0.15) is 5.10 Å². The molecule has 0 spiro atoms. The van der Waals surface area contributed by atoms with Crippen LogP contribution in [-0.2, 0) is 11.2 Å². The molecule has 0 aliphatic heterocycles. The first-order chi connectivity index (χ1) is 12.4. The monoisotopic (exact) mass is 377 g/mol. The van der Waals surface area contributed by atoms with E-state index in [0.29, 0.717) is 17.7 Å². The molecule has 2 rings (SSSR count). The largest absolute Gasteiger partial charge is 0.503 e. The lowest BCUT2D eigenvalue weighted by molar-refractivity contribution is -0.384. The topological polar surface area (TPSA) is 114 Å². The van der Waals surface area contributed by atoms with E-state index >= 15 is 0 Å². The third kappa shape index (κ3) is 5.18. The Morgan fingerprint density at radius 2 is 2.08 bits per heavy atom. The van der Waals surface area contributed by atoms with E-state index in [4.69, 9.17) is 16.3 Å². The lowest BCUT2D eigenvalue weighted by atomic mass is 10.1. The van der Waals surface area contributed by atoms with Crippen molar-refractivity contribution in [3.8, 4) is 11.5 Å². The molecule has 0 radical (unpaired) electrons. The summed E-state index contributed by atoms with van der Waals surface area (Å²) in [4.78, 5) is 21.9. The summed E-state index contributed by atoms with van der Waals surface area (Å²) in [6.45, 7) is 2.13. The van der Waals surface area contributed by atoms with Gasteiger partial charge < -0.3 is 9.84 Å². The number of hydrogen-bond acceptors (Lipinski definition) is 6. The third-order valence-corrected chi connectivity index (χ3v) is 3.55. The van der Waals surface area contributed by atoms with Crippen LogP contribution in [0.3, 0.4) is 0 Å². The number of rotatable bonds is 7. The van der Waals surface area contributed by atoms with Crippen molar-refractivity contribution < 1.29 is 19.6 Å². The molecular formula is C17H16ClN3O5. The SMILES string of the molecule is CCOc1cc(/C=N\NC(=O)Cc2ccc([N+](=O)[O-])cc2)cc(Cl)c1O. The second-order valence-corrected chi connectivity index (χ2v) is 5.58. The van der Waals surface area contributed by atoms with Gasteiger partial charge in [0.25, 0.3) is 5.69 Å². The van der Waals surface area contributed by atoms with E-state index in [9.17, 15) is 20.0 Å². The summed E-state index contributed by atoms with van der Waals surface area (Å²) in [5.41, 5.74) is 3.47. The van der Waals surface area contributed by atoms with Gasteiger partial charge in [-0.3, -0.25) is 14.9 Å². The van der Waals surface area contributed by atoms with E-state index < -0.39 is 4.92 Å². The molecule has 2 aromatic rings. The summed E-state index contributed by atoms with van der Waals surface area (Å²) >= 11 is 5.91. The van der Waals surface area contributed by atoms with Crippen LogP contribution in [-0.4, -0.2) is 28.8 Å². The number of nitrogens with zero attached hydrogens (tertiary/aromatic N) is 2. The maximum Gasteiger partial charge on any atom is 0.269 e. The number of carbonyl (C=O) groups excluding carboxylic acids is 1. The molecule has 0 saturated heterocycles. The van der Waals surface area contributed by atoms with E-state index in [2.05, 4.69) is 10.5 Å². The summed E-state index contributed by atoms with van der Waals surface area (Å²) in [6, 6.07) is 8.70. The highest BCUT2D eigenvalue weighted by atomic mass is 35.5. The van der Waals surface area contributed by atoms with Crippen LogP contribution in [0.15, 0.2) is 41.5 Å². The van der Waals surface area contributed by atoms with Gasteiger partial charge in [-0.15, -0.1) is 0 Å². The number of ether oxygens (including phenoxy) is 1. The molecule has 1 amide bonds. The Morgan fingerprint density at radius 1 is 1.38 bits per heavy atom. The van der Waals surface area contributed by atoms with Crippen LogP contribution >= 0.6 is 11.6 Å². The molecule has 2 aromatic carbocycles. The Hall–Kier alpha value is -3.13. The van der Waals surface area contributed by atoms with Crippen molar-refractivity contribution in [2.75, 3.05) is 6.61 Å². The second-order valence-electron chi connectivity index (χ2n) is 5.18. The van der Waals surface area contributed by atoms with E-state index in [-0.39, 0.29) is 34.5 Å². The molecule has 0 bridgehead atoms. The number of nitro benzene ring substituents is 1. The Kier molecular flexibility index (Phi) is 6.51. The molecule has 8 nitrogen and oxygen atoms in total. The molecule has 136 valence electrons. The first-order valence-electron chi connectivity index (χ1n) is 7.61. The van der Waals surface area contributed by atoms with Crippen molar-refractivity contribution in [2.24, 2.45) is 5.10 Å².